The zero-order chi connectivity index (χ0) is 16.7. The van der Waals surface area contributed by atoms with Gasteiger partial charge in [-0.1, -0.05) is 23.7 Å². The highest BCUT2D eigenvalue weighted by molar-refractivity contribution is 6.31. The largest absolute Gasteiger partial charge is 0.484 e. The van der Waals surface area contributed by atoms with E-state index in [-0.39, 0.29) is 18.3 Å². The fourth-order valence-corrected chi connectivity index (χ4v) is 2.20. The SMILES string of the molecule is Cc1cc(OCC(=O)NCCCc2ccc(F)cc2)ccc1Cl. The third-order valence-corrected chi connectivity index (χ3v) is 3.80. The number of nitrogens with one attached hydrogen (secondary N) is 1. The zero-order valence-corrected chi connectivity index (χ0v) is 13.7. The molecule has 0 aliphatic heterocycles. The van der Waals surface area contributed by atoms with Crippen LogP contribution in [0.3, 0.4) is 0 Å². The summed E-state index contributed by atoms with van der Waals surface area (Å²) in [5, 5.41) is 3.47. The normalized spacial score (nSPS) is 10.4. The van der Waals surface area contributed by atoms with Gasteiger partial charge in [-0.2, -0.15) is 0 Å². The molecule has 0 heterocycles. The lowest BCUT2D eigenvalue weighted by atomic mass is 10.1. The molecule has 122 valence electrons. The van der Waals surface area contributed by atoms with E-state index >= 15 is 0 Å². The molecule has 2 aromatic carbocycles. The Hall–Kier alpha value is -2.07. The van der Waals surface area contributed by atoms with Crippen LogP contribution >= 0.6 is 11.6 Å². The van der Waals surface area contributed by atoms with Crippen LogP contribution in [0.5, 0.6) is 5.75 Å². The predicted octanol–water partition coefficient (Wildman–Crippen LogP) is 3.92. The summed E-state index contributed by atoms with van der Waals surface area (Å²) in [6, 6.07) is 11.7. The first-order chi connectivity index (χ1) is 11.0. The summed E-state index contributed by atoms with van der Waals surface area (Å²) in [7, 11) is 0. The van der Waals surface area contributed by atoms with Crippen molar-refractivity contribution >= 4 is 17.5 Å². The molecule has 1 amide bonds. The molecule has 0 bridgehead atoms. The van der Waals surface area contributed by atoms with Gasteiger partial charge in [0.15, 0.2) is 6.61 Å². The van der Waals surface area contributed by atoms with E-state index in [9.17, 15) is 9.18 Å². The van der Waals surface area contributed by atoms with Gasteiger partial charge < -0.3 is 10.1 Å². The molecule has 0 unspecified atom stereocenters. The van der Waals surface area contributed by atoms with Crippen molar-refractivity contribution in [3.05, 3.63) is 64.4 Å². The Morgan fingerprint density at radius 1 is 1.22 bits per heavy atom. The topological polar surface area (TPSA) is 38.3 Å². The molecule has 0 fully saturated rings. The van der Waals surface area contributed by atoms with E-state index in [1.54, 1.807) is 30.3 Å². The van der Waals surface area contributed by atoms with E-state index in [0.29, 0.717) is 17.3 Å². The van der Waals surface area contributed by atoms with Crippen LogP contribution in [0, 0.1) is 12.7 Å². The number of carbonyl (C=O) groups is 1. The number of ether oxygens (including phenoxy) is 1. The molecule has 0 spiro atoms. The first-order valence-corrected chi connectivity index (χ1v) is 7.82. The maximum absolute atomic E-state index is 12.8. The molecule has 2 aromatic rings. The molecule has 0 radical (unpaired) electrons. The van der Waals surface area contributed by atoms with Gasteiger partial charge in [-0.05, 0) is 61.2 Å². The summed E-state index contributed by atoms with van der Waals surface area (Å²) in [4.78, 5) is 11.7. The second kappa shape index (κ2) is 8.53. The van der Waals surface area contributed by atoms with Gasteiger partial charge >= 0.3 is 0 Å². The summed E-state index contributed by atoms with van der Waals surface area (Å²) < 4.78 is 18.2. The quantitative estimate of drug-likeness (QED) is 0.779. The predicted molar refractivity (Wildman–Crippen MR) is 89.4 cm³/mol. The van der Waals surface area contributed by atoms with E-state index in [2.05, 4.69) is 5.32 Å². The Labute approximate surface area is 140 Å². The molecule has 1 N–H and O–H groups in total. The average molecular weight is 336 g/mol. The summed E-state index contributed by atoms with van der Waals surface area (Å²) in [5.74, 6) is 0.210. The Kier molecular flexibility index (Phi) is 6.41. The Morgan fingerprint density at radius 3 is 2.65 bits per heavy atom. The highest BCUT2D eigenvalue weighted by Crippen LogP contribution is 2.20. The van der Waals surface area contributed by atoms with E-state index in [1.165, 1.54) is 12.1 Å². The smallest absolute Gasteiger partial charge is 0.257 e. The summed E-state index contributed by atoms with van der Waals surface area (Å²) in [5.41, 5.74) is 1.96. The molecule has 23 heavy (non-hydrogen) atoms. The summed E-state index contributed by atoms with van der Waals surface area (Å²) >= 11 is 5.93. The molecule has 0 aromatic heterocycles. The molecule has 0 saturated carbocycles. The Morgan fingerprint density at radius 2 is 1.96 bits per heavy atom. The monoisotopic (exact) mass is 335 g/mol. The van der Waals surface area contributed by atoms with Gasteiger partial charge in [0, 0.05) is 11.6 Å². The number of benzene rings is 2. The number of aryl methyl sites for hydroxylation is 2. The summed E-state index contributed by atoms with van der Waals surface area (Å²) in [6.07, 6.45) is 1.58. The maximum atomic E-state index is 12.8. The number of hydrogen-bond acceptors (Lipinski definition) is 2. The fourth-order valence-electron chi connectivity index (χ4n) is 2.08. The van der Waals surface area contributed by atoms with Gasteiger partial charge in [0.05, 0.1) is 0 Å². The third kappa shape index (κ3) is 5.91. The van der Waals surface area contributed by atoms with Crippen LogP contribution in [0.25, 0.3) is 0 Å². The van der Waals surface area contributed by atoms with E-state index < -0.39 is 0 Å². The molecule has 2 rings (SSSR count). The number of rotatable bonds is 7. The van der Waals surface area contributed by atoms with Gasteiger partial charge in [-0.15, -0.1) is 0 Å². The average Bonchev–Trinajstić information content (AvgIpc) is 2.54. The van der Waals surface area contributed by atoms with E-state index in [0.717, 1.165) is 24.0 Å². The number of carbonyl (C=O) groups excluding carboxylic acids is 1. The van der Waals surface area contributed by atoms with Crippen molar-refractivity contribution < 1.29 is 13.9 Å². The minimum atomic E-state index is -0.239. The van der Waals surface area contributed by atoms with Gasteiger partial charge in [0.2, 0.25) is 0 Å². The van der Waals surface area contributed by atoms with Gasteiger partial charge in [0.1, 0.15) is 11.6 Å². The van der Waals surface area contributed by atoms with Crippen molar-refractivity contribution in [2.45, 2.75) is 19.8 Å². The lowest BCUT2D eigenvalue weighted by Crippen LogP contribution is -2.29. The molecular weight excluding hydrogens is 317 g/mol. The fraction of sp³-hybridized carbons (Fsp3) is 0.278. The minimum Gasteiger partial charge on any atom is -0.484 e. The lowest BCUT2D eigenvalue weighted by molar-refractivity contribution is -0.123. The maximum Gasteiger partial charge on any atom is 0.257 e. The van der Waals surface area contributed by atoms with Crippen LogP contribution in [-0.2, 0) is 11.2 Å². The Bertz CT molecular complexity index is 659. The molecule has 0 atom stereocenters. The van der Waals surface area contributed by atoms with E-state index in [4.69, 9.17) is 16.3 Å². The molecular formula is C18H19ClFNO2. The van der Waals surface area contributed by atoms with E-state index in [1.807, 2.05) is 6.92 Å². The first-order valence-electron chi connectivity index (χ1n) is 7.44. The summed E-state index contributed by atoms with van der Waals surface area (Å²) in [6.45, 7) is 2.40. The number of hydrogen-bond donors (Lipinski definition) is 1. The van der Waals surface area contributed by atoms with Crippen molar-refractivity contribution in [3.63, 3.8) is 0 Å². The second-order valence-electron chi connectivity index (χ2n) is 5.28. The van der Waals surface area contributed by atoms with Crippen LogP contribution in [0.15, 0.2) is 42.5 Å². The van der Waals surface area contributed by atoms with Crippen molar-refractivity contribution in [2.75, 3.05) is 13.2 Å². The molecule has 0 aliphatic carbocycles. The Balaban J connectivity index is 1.65. The highest BCUT2D eigenvalue weighted by atomic mass is 35.5. The lowest BCUT2D eigenvalue weighted by Gasteiger charge is -2.08. The van der Waals surface area contributed by atoms with Crippen LogP contribution in [-0.4, -0.2) is 19.1 Å². The molecule has 5 heteroatoms. The van der Waals surface area contributed by atoms with Gasteiger partial charge in [-0.3, -0.25) is 4.79 Å². The molecule has 0 saturated heterocycles. The highest BCUT2D eigenvalue weighted by Gasteiger charge is 2.04. The van der Waals surface area contributed by atoms with Crippen LogP contribution in [0.4, 0.5) is 4.39 Å². The standard InChI is InChI=1S/C18H19ClFNO2/c1-13-11-16(8-9-17(13)19)23-12-18(22)21-10-2-3-14-4-6-15(20)7-5-14/h4-9,11H,2-3,10,12H2,1H3,(H,21,22). The zero-order valence-electron chi connectivity index (χ0n) is 12.9. The van der Waals surface area contributed by atoms with Crippen LogP contribution in [0.2, 0.25) is 5.02 Å². The first kappa shape index (κ1) is 17.3. The minimum absolute atomic E-state index is 0.0301. The van der Waals surface area contributed by atoms with Gasteiger partial charge in [-0.25, -0.2) is 4.39 Å². The van der Waals surface area contributed by atoms with Gasteiger partial charge in [0.25, 0.3) is 5.91 Å². The molecule has 3 nitrogen and oxygen atoms in total. The second-order valence-corrected chi connectivity index (χ2v) is 5.69. The van der Waals surface area contributed by atoms with Crippen LogP contribution in [0.1, 0.15) is 17.5 Å². The number of amides is 1. The molecule has 0 aliphatic rings. The van der Waals surface area contributed by atoms with Crippen LogP contribution < -0.4 is 10.1 Å². The number of halogens is 2. The third-order valence-electron chi connectivity index (χ3n) is 3.38. The van der Waals surface area contributed by atoms with Crippen molar-refractivity contribution in [3.8, 4) is 5.75 Å². The van der Waals surface area contributed by atoms with Crippen molar-refractivity contribution in [1.29, 1.82) is 0 Å². The van der Waals surface area contributed by atoms with Crippen molar-refractivity contribution in [1.82, 2.24) is 5.32 Å². The van der Waals surface area contributed by atoms with Crippen molar-refractivity contribution in [2.24, 2.45) is 0 Å².